The Morgan fingerprint density at radius 2 is 2.12 bits per heavy atom. The number of H-pyrrole nitrogens is 1. The fourth-order valence-electron chi connectivity index (χ4n) is 1.66. The molecule has 1 aromatic carbocycles. The van der Waals surface area contributed by atoms with Crippen LogP contribution in [0.15, 0.2) is 48.8 Å². The molecule has 0 fully saturated rings. The zero-order valence-electron chi connectivity index (χ0n) is 8.92. The number of benzene rings is 1. The predicted octanol–water partition coefficient (Wildman–Crippen LogP) is 1.91. The highest BCUT2D eigenvalue weighted by atomic mass is 16.1. The lowest BCUT2D eigenvalue weighted by molar-refractivity contribution is 0.102. The normalized spacial score (nSPS) is 10.6. The summed E-state index contributed by atoms with van der Waals surface area (Å²) in [5.41, 5.74) is 1.40. The van der Waals surface area contributed by atoms with Gasteiger partial charge in [-0.15, -0.1) is 0 Å². The first-order chi connectivity index (χ1) is 8.33. The molecule has 3 aromatic rings. The Labute approximate surface area is 97.1 Å². The smallest absolute Gasteiger partial charge is 0.256 e. The SMILES string of the molecule is O=C(Nc1cc2nccn2[nH]1)c1ccccc1. The molecular weight excluding hydrogens is 216 g/mol. The molecule has 2 aromatic heterocycles. The third-order valence-corrected chi connectivity index (χ3v) is 2.47. The van der Waals surface area contributed by atoms with E-state index >= 15 is 0 Å². The van der Waals surface area contributed by atoms with Crippen molar-refractivity contribution in [2.75, 3.05) is 5.32 Å². The average molecular weight is 226 g/mol. The van der Waals surface area contributed by atoms with Crippen LogP contribution in [0.3, 0.4) is 0 Å². The van der Waals surface area contributed by atoms with Crippen molar-refractivity contribution >= 4 is 17.4 Å². The molecule has 3 rings (SSSR count). The van der Waals surface area contributed by atoms with Gasteiger partial charge in [-0.05, 0) is 12.1 Å². The van der Waals surface area contributed by atoms with Gasteiger partial charge in [-0.2, -0.15) is 0 Å². The number of carbonyl (C=O) groups is 1. The number of hydrogen-bond acceptors (Lipinski definition) is 2. The lowest BCUT2D eigenvalue weighted by Crippen LogP contribution is -2.11. The maximum Gasteiger partial charge on any atom is 0.256 e. The number of nitrogens with one attached hydrogen (secondary N) is 2. The third kappa shape index (κ3) is 1.78. The van der Waals surface area contributed by atoms with Gasteiger partial charge in [0.15, 0.2) is 5.65 Å². The Balaban J connectivity index is 1.84. The summed E-state index contributed by atoms with van der Waals surface area (Å²) in [6.07, 6.45) is 3.47. The van der Waals surface area contributed by atoms with Crippen LogP contribution in [0.5, 0.6) is 0 Å². The number of fused-ring (bicyclic) bond motifs is 1. The van der Waals surface area contributed by atoms with Gasteiger partial charge in [0.05, 0.1) is 0 Å². The molecule has 0 radical (unpaired) electrons. The summed E-state index contributed by atoms with van der Waals surface area (Å²) in [4.78, 5) is 16.0. The third-order valence-electron chi connectivity index (χ3n) is 2.47. The summed E-state index contributed by atoms with van der Waals surface area (Å²) in [6, 6.07) is 10.8. The van der Waals surface area contributed by atoms with E-state index in [9.17, 15) is 4.79 Å². The van der Waals surface area contributed by atoms with Gasteiger partial charge in [-0.25, -0.2) is 9.50 Å². The van der Waals surface area contributed by atoms with Gasteiger partial charge in [0.25, 0.3) is 5.91 Å². The second-order valence-electron chi connectivity index (χ2n) is 3.65. The zero-order valence-corrected chi connectivity index (χ0v) is 8.92. The molecule has 2 N–H and O–H groups in total. The Bertz CT molecular complexity index is 625. The quantitative estimate of drug-likeness (QED) is 0.701. The molecular formula is C12H10N4O. The van der Waals surface area contributed by atoms with E-state index in [1.165, 1.54) is 0 Å². The second-order valence-corrected chi connectivity index (χ2v) is 3.65. The number of aromatic amines is 1. The fraction of sp³-hybridized carbons (Fsp3) is 0. The molecule has 84 valence electrons. The molecule has 0 atom stereocenters. The van der Waals surface area contributed by atoms with Crippen molar-refractivity contribution in [2.45, 2.75) is 0 Å². The summed E-state index contributed by atoms with van der Waals surface area (Å²) in [7, 11) is 0. The number of anilines is 1. The van der Waals surface area contributed by atoms with Crippen molar-refractivity contribution in [3.63, 3.8) is 0 Å². The standard InChI is InChI=1S/C12H10N4O/c17-12(9-4-2-1-3-5-9)14-10-8-11-13-6-7-16(11)15-10/h1-8,15H,(H,14,17). The van der Waals surface area contributed by atoms with Gasteiger partial charge in [0, 0.05) is 24.0 Å². The summed E-state index contributed by atoms with van der Waals surface area (Å²) in [5.74, 6) is 0.483. The van der Waals surface area contributed by atoms with Crippen LogP contribution in [0, 0.1) is 0 Å². The van der Waals surface area contributed by atoms with E-state index < -0.39 is 0 Å². The lowest BCUT2D eigenvalue weighted by Gasteiger charge is -2.01. The molecule has 0 aliphatic carbocycles. The number of nitrogens with zero attached hydrogens (tertiary/aromatic N) is 2. The summed E-state index contributed by atoms with van der Waals surface area (Å²) >= 11 is 0. The summed E-state index contributed by atoms with van der Waals surface area (Å²) in [6.45, 7) is 0. The van der Waals surface area contributed by atoms with Crippen LogP contribution in [-0.2, 0) is 0 Å². The van der Waals surface area contributed by atoms with Gasteiger partial charge in [-0.1, -0.05) is 18.2 Å². The van der Waals surface area contributed by atoms with E-state index in [2.05, 4.69) is 15.4 Å². The maximum atomic E-state index is 11.9. The van der Waals surface area contributed by atoms with Crippen LogP contribution in [-0.4, -0.2) is 20.5 Å². The lowest BCUT2D eigenvalue weighted by atomic mass is 10.2. The number of imidazole rings is 1. The highest BCUT2D eigenvalue weighted by Crippen LogP contribution is 2.10. The molecule has 0 unspecified atom stereocenters. The molecule has 0 saturated carbocycles. The molecule has 5 heteroatoms. The molecule has 0 spiro atoms. The molecule has 0 aliphatic rings. The van der Waals surface area contributed by atoms with E-state index in [-0.39, 0.29) is 5.91 Å². The first-order valence-corrected chi connectivity index (χ1v) is 5.21. The van der Waals surface area contributed by atoms with Crippen molar-refractivity contribution in [3.05, 3.63) is 54.4 Å². The molecule has 1 amide bonds. The van der Waals surface area contributed by atoms with Crippen LogP contribution in [0.2, 0.25) is 0 Å². The first-order valence-electron chi connectivity index (χ1n) is 5.21. The fourth-order valence-corrected chi connectivity index (χ4v) is 1.66. The topological polar surface area (TPSA) is 62.2 Å². The molecule has 0 aliphatic heterocycles. The van der Waals surface area contributed by atoms with Crippen LogP contribution >= 0.6 is 0 Å². The monoisotopic (exact) mass is 226 g/mol. The summed E-state index contributed by atoms with van der Waals surface area (Å²) in [5, 5.41) is 5.78. The molecule has 2 heterocycles. The van der Waals surface area contributed by atoms with Crippen LogP contribution in [0.4, 0.5) is 5.82 Å². The van der Waals surface area contributed by atoms with E-state index in [4.69, 9.17) is 0 Å². The Hall–Kier alpha value is -2.56. The van der Waals surface area contributed by atoms with Crippen molar-refractivity contribution < 1.29 is 4.79 Å². The molecule has 17 heavy (non-hydrogen) atoms. The minimum absolute atomic E-state index is 0.143. The highest BCUT2D eigenvalue weighted by molar-refractivity contribution is 6.03. The Morgan fingerprint density at radius 3 is 2.88 bits per heavy atom. The predicted molar refractivity (Wildman–Crippen MR) is 63.9 cm³/mol. The van der Waals surface area contributed by atoms with Crippen molar-refractivity contribution in [2.24, 2.45) is 0 Å². The van der Waals surface area contributed by atoms with Crippen molar-refractivity contribution in [3.8, 4) is 0 Å². The zero-order chi connectivity index (χ0) is 11.7. The number of hydrogen-bond donors (Lipinski definition) is 2. The van der Waals surface area contributed by atoms with Crippen LogP contribution in [0.1, 0.15) is 10.4 Å². The van der Waals surface area contributed by atoms with Gasteiger partial charge in [-0.3, -0.25) is 9.89 Å². The number of aromatic nitrogens is 3. The minimum atomic E-state index is -0.143. The first kappa shape index (κ1) is 9.65. The van der Waals surface area contributed by atoms with E-state index in [1.807, 2.05) is 18.2 Å². The molecule has 0 bridgehead atoms. The van der Waals surface area contributed by atoms with E-state index in [0.717, 1.165) is 5.65 Å². The van der Waals surface area contributed by atoms with Crippen molar-refractivity contribution in [1.82, 2.24) is 14.6 Å². The van der Waals surface area contributed by atoms with E-state index in [1.54, 1.807) is 35.1 Å². The number of amides is 1. The van der Waals surface area contributed by atoms with Crippen LogP contribution in [0.25, 0.3) is 5.65 Å². The van der Waals surface area contributed by atoms with Gasteiger partial charge < -0.3 is 5.32 Å². The number of rotatable bonds is 2. The summed E-state index contributed by atoms with van der Waals surface area (Å²) < 4.78 is 1.74. The molecule has 0 saturated heterocycles. The largest absolute Gasteiger partial charge is 0.307 e. The minimum Gasteiger partial charge on any atom is -0.307 e. The molecule has 5 nitrogen and oxygen atoms in total. The van der Waals surface area contributed by atoms with E-state index in [0.29, 0.717) is 11.4 Å². The number of carbonyl (C=O) groups excluding carboxylic acids is 1. The van der Waals surface area contributed by atoms with Gasteiger partial charge in [0.2, 0.25) is 0 Å². The van der Waals surface area contributed by atoms with Gasteiger partial charge in [0.1, 0.15) is 5.82 Å². The average Bonchev–Trinajstić information content (AvgIpc) is 2.90. The second kappa shape index (κ2) is 3.79. The van der Waals surface area contributed by atoms with Gasteiger partial charge >= 0.3 is 0 Å². The maximum absolute atomic E-state index is 11.9. The Kier molecular flexibility index (Phi) is 2.15. The Morgan fingerprint density at radius 1 is 1.29 bits per heavy atom. The van der Waals surface area contributed by atoms with Crippen LogP contribution < -0.4 is 5.32 Å². The highest BCUT2D eigenvalue weighted by Gasteiger charge is 2.07. The van der Waals surface area contributed by atoms with Crippen molar-refractivity contribution in [1.29, 1.82) is 0 Å².